The second-order valence-electron chi connectivity index (χ2n) is 5.46. The molecule has 2 aliphatic rings. The van der Waals surface area contributed by atoms with Gasteiger partial charge in [-0.1, -0.05) is 6.92 Å². The van der Waals surface area contributed by atoms with Crippen molar-refractivity contribution in [2.24, 2.45) is 0 Å². The lowest BCUT2D eigenvalue weighted by Crippen LogP contribution is -2.44. The van der Waals surface area contributed by atoms with Crippen LogP contribution >= 0.6 is 0 Å². The highest BCUT2D eigenvalue weighted by Gasteiger charge is 2.39. The summed E-state index contributed by atoms with van der Waals surface area (Å²) >= 11 is 0. The van der Waals surface area contributed by atoms with Crippen LogP contribution in [-0.4, -0.2) is 46.5 Å². The quantitative estimate of drug-likeness (QED) is 0.829. The summed E-state index contributed by atoms with van der Waals surface area (Å²) in [5, 5.41) is 0. The molecule has 0 atom stereocenters. The molecule has 106 valence electrons. The van der Waals surface area contributed by atoms with Crippen LogP contribution in [0.5, 0.6) is 0 Å². The minimum absolute atomic E-state index is 0.264. The Balaban J connectivity index is 1.55. The molecular formula is C14H23N3O2. The molecule has 1 aromatic rings. The van der Waals surface area contributed by atoms with Gasteiger partial charge in [-0.15, -0.1) is 0 Å². The molecule has 2 saturated heterocycles. The van der Waals surface area contributed by atoms with Crippen LogP contribution in [0, 0.1) is 0 Å². The maximum atomic E-state index is 5.76. The van der Waals surface area contributed by atoms with Gasteiger partial charge in [-0.2, -0.15) is 0 Å². The predicted molar refractivity (Wildman–Crippen MR) is 71.7 cm³/mol. The van der Waals surface area contributed by atoms with E-state index in [1.807, 2.05) is 12.5 Å². The van der Waals surface area contributed by atoms with Crippen LogP contribution < -0.4 is 0 Å². The Morgan fingerprint density at radius 3 is 2.68 bits per heavy atom. The van der Waals surface area contributed by atoms with Crippen molar-refractivity contribution in [3.63, 3.8) is 0 Å². The summed E-state index contributed by atoms with van der Waals surface area (Å²) in [5.74, 6) is -0.264. The van der Waals surface area contributed by atoms with Crippen molar-refractivity contribution in [1.82, 2.24) is 14.5 Å². The Morgan fingerprint density at radius 1 is 1.26 bits per heavy atom. The van der Waals surface area contributed by atoms with Crippen LogP contribution in [0.4, 0.5) is 0 Å². The molecule has 19 heavy (non-hydrogen) atoms. The van der Waals surface area contributed by atoms with Crippen LogP contribution in [0.3, 0.4) is 0 Å². The van der Waals surface area contributed by atoms with Gasteiger partial charge in [0.05, 0.1) is 25.2 Å². The zero-order valence-corrected chi connectivity index (χ0v) is 11.7. The third kappa shape index (κ3) is 2.83. The van der Waals surface area contributed by atoms with E-state index in [9.17, 15) is 0 Å². The lowest BCUT2D eigenvalue weighted by Gasteiger charge is -2.37. The molecule has 2 fully saturated rings. The number of imidazole rings is 1. The van der Waals surface area contributed by atoms with Crippen molar-refractivity contribution in [2.45, 2.75) is 45.1 Å². The third-order valence-electron chi connectivity index (χ3n) is 4.08. The van der Waals surface area contributed by atoms with E-state index in [0.29, 0.717) is 0 Å². The summed E-state index contributed by atoms with van der Waals surface area (Å²) in [6.45, 7) is 7.82. The van der Waals surface area contributed by atoms with Crippen molar-refractivity contribution < 1.29 is 9.47 Å². The molecule has 0 unspecified atom stereocenters. The first kappa shape index (κ1) is 13.1. The molecule has 0 aromatic carbocycles. The minimum Gasteiger partial charge on any atom is -0.347 e. The van der Waals surface area contributed by atoms with Gasteiger partial charge in [0, 0.05) is 45.2 Å². The number of ether oxygens (including phenoxy) is 2. The zero-order chi connectivity index (χ0) is 13.1. The summed E-state index contributed by atoms with van der Waals surface area (Å²) < 4.78 is 13.8. The second kappa shape index (κ2) is 5.61. The summed E-state index contributed by atoms with van der Waals surface area (Å²) in [4.78, 5) is 6.74. The van der Waals surface area contributed by atoms with Crippen LogP contribution in [0.15, 0.2) is 12.5 Å². The van der Waals surface area contributed by atoms with Gasteiger partial charge in [0.25, 0.3) is 0 Å². The van der Waals surface area contributed by atoms with Crippen molar-refractivity contribution in [2.75, 3.05) is 26.3 Å². The van der Waals surface area contributed by atoms with Crippen LogP contribution in [0.1, 0.15) is 31.9 Å². The maximum absolute atomic E-state index is 5.76. The number of aryl methyl sites for hydroxylation is 1. The summed E-state index contributed by atoms with van der Waals surface area (Å²) in [6, 6.07) is 0. The van der Waals surface area contributed by atoms with Gasteiger partial charge in [0.15, 0.2) is 5.79 Å². The number of nitrogens with zero attached hydrogens (tertiary/aromatic N) is 3. The van der Waals surface area contributed by atoms with Gasteiger partial charge in [0.1, 0.15) is 0 Å². The minimum atomic E-state index is -0.264. The Labute approximate surface area is 114 Å². The topological polar surface area (TPSA) is 39.5 Å². The van der Waals surface area contributed by atoms with Crippen LogP contribution in [-0.2, 0) is 22.6 Å². The van der Waals surface area contributed by atoms with Gasteiger partial charge >= 0.3 is 0 Å². The molecule has 0 amide bonds. The van der Waals surface area contributed by atoms with E-state index < -0.39 is 0 Å². The molecule has 2 aliphatic heterocycles. The van der Waals surface area contributed by atoms with Gasteiger partial charge in [-0.05, 0) is 6.42 Å². The number of hydrogen-bond donors (Lipinski definition) is 0. The monoisotopic (exact) mass is 265 g/mol. The highest BCUT2D eigenvalue weighted by molar-refractivity contribution is 4.99. The molecule has 1 aromatic heterocycles. The fraction of sp³-hybridized carbons (Fsp3) is 0.786. The van der Waals surface area contributed by atoms with E-state index in [0.717, 1.165) is 58.7 Å². The van der Waals surface area contributed by atoms with Gasteiger partial charge in [-0.3, -0.25) is 4.90 Å². The predicted octanol–water partition coefficient (Wildman–Crippen LogP) is 1.63. The van der Waals surface area contributed by atoms with E-state index in [2.05, 4.69) is 21.4 Å². The highest BCUT2D eigenvalue weighted by atomic mass is 16.7. The summed E-state index contributed by atoms with van der Waals surface area (Å²) in [6.07, 6.45) is 7.04. The number of aromatic nitrogens is 2. The average molecular weight is 265 g/mol. The Bertz CT molecular complexity index is 403. The Kier molecular flexibility index (Phi) is 3.86. The van der Waals surface area contributed by atoms with Gasteiger partial charge in [-0.25, -0.2) is 4.98 Å². The fourth-order valence-electron chi connectivity index (χ4n) is 2.99. The van der Waals surface area contributed by atoms with Crippen LogP contribution in [0.25, 0.3) is 0 Å². The first-order valence-electron chi connectivity index (χ1n) is 7.31. The largest absolute Gasteiger partial charge is 0.347 e. The average Bonchev–Trinajstić information content (AvgIpc) is 3.04. The van der Waals surface area contributed by atoms with E-state index in [1.165, 1.54) is 5.69 Å². The van der Waals surface area contributed by atoms with Crippen molar-refractivity contribution in [3.8, 4) is 0 Å². The van der Waals surface area contributed by atoms with Gasteiger partial charge in [0.2, 0.25) is 0 Å². The first-order chi connectivity index (χ1) is 9.31. The highest BCUT2D eigenvalue weighted by Crippen LogP contribution is 2.31. The summed E-state index contributed by atoms with van der Waals surface area (Å²) in [5.41, 5.74) is 1.31. The molecule has 0 aliphatic carbocycles. The Morgan fingerprint density at radius 2 is 2.00 bits per heavy atom. The molecule has 3 heterocycles. The third-order valence-corrected chi connectivity index (χ3v) is 4.08. The van der Waals surface area contributed by atoms with E-state index in [4.69, 9.17) is 9.47 Å². The number of piperidine rings is 1. The van der Waals surface area contributed by atoms with E-state index in [1.54, 1.807) is 0 Å². The zero-order valence-electron chi connectivity index (χ0n) is 11.7. The van der Waals surface area contributed by atoms with Crippen LogP contribution in [0.2, 0.25) is 0 Å². The smallest absolute Gasteiger partial charge is 0.170 e. The first-order valence-corrected chi connectivity index (χ1v) is 7.31. The second-order valence-corrected chi connectivity index (χ2v) is 5.46. The summed E-state index contributed by atoms with van der Waals surface area (Å²) in [7, 11) is 0. The normalized spacial score (nSPS) is 23.2. The number of hydrogen-bond acceptors (Lipinski definition) is 4. The standard InChI is InChI=1S/C14H23N3O2/c1-2-5-17-12-15-10-13(17)11-16-6-3-14(4-7-16)18-8-9-19-14/h10,12H,2-9,11H2,1H3. The van der Waals surface area contributed by atoms with Crippen molar-refractivity contribution >= 4 is 0 Å². The molecule has 5 nitrogen and oxygen atoms in total. The number of rotatable bonds is 4. The SMILES string of the molecule is CCCn1cncc1CN1CCC2(CC1)OCCO2. The Hall–Kier alpha value is -0.910. The lowest BCUT2D eigenvalue weighted by molar-refractivity contribution is -0.185. The maximum Gasteiger partial charge on any atom is 0.170 e. The number of likely N-dealkylation sites (tertiary alicyclic amines) is 1. The molecule has 0 radical (unpaired) electrons. The molecule has 5 heteroatoms. The van der Waals surface area contributed by atoms with Crippen molar-refractivity contribution in [3.05, 3.63) is 18.2 Å². The van der Waals surface area contributed by atoms with E-state index >= 15 is 0 Å². The molecule has 0 saturated carbocycles. The molecule has 0 N–H and O–H groups in total. The fourth-order valence-corrected chi connectivity index (χ4v) is 2.99. The lowest BCUT2D eigenvalue weighted by atomic mass is 10.0. The molecular weight excluding hydrogens is 242 g/mol. The molecule has 3 rings (SSSR count). The van der Waals surface area contributed by atoms with Crippen molar-refractivity contribution in [1.29, 1.82) is 0 Å². The van der Waals surface area contributed by atoms with E-state index in [-0.39, 0.29) is 5.79 Å². The molecule has 0 bridgehead atoms. The molecule has 1 spiro atoms. The van der Waals surface area contributed by atoms with Gasteiger partial charge < -0.3 is 14.0 Å².